The molecule has 0 saturated carbocycles. The lowest BCUT2D eigenvalue weighted by Crippen LogP contribution is -2.55. The first-order valence-electron chi connectivity index (χ1n) is 12.4. The highest BCUT2D eigenvalue weighted by Gasteiger charge is 2.45. The average molecular weight is 531 g/mol. The number of amidine groups is 1. The van der Waals surface area contributed by atoms with Gasteiger partial charge in [0.05, 0.1) is 29.3 Å². The van der Waals surface area contributed by atoms with Gasteiger partial charge in [-0.05, 0) is 61.4 Å². The molecule has 0 bridgehead atoms. The minimum Gasteiger partial charge on any atom is -0.490 e. The zero-order valence-electron chi connectivity index (χ0n) is 21.0. The Hall–Kier alpha value is -4.29. The van der Waals surface area contributed by atoms with Crippen LogP contribution < -0.4 is 10.1 Å². The minimum atomic E-state index is -0.516. The average Bonchev–Trinajstić information content (AvgIpc) is 3.57. The second kappa shape index (κ2) is 10.6. The van der Waals surface area contributed by atoms with Crippen molar-refractivity contribution < 1.29 is 14.3 Å². The molecule has 3 amide bonds. The number of halogens is 1. The number of H-pyrrole nitrogens is 1. The highest BCUT2D eigenvalue weighted by atomic mass is 35.5. The SMILES string of the molecule is CC(C)Oc1cc(C#N)ccc1C1=N[C@@H](c2cc[nH]c2)[C@@H](c2ccc(Cl)cc2)N1C(=O)N1CCNC(=O)C1. The molecule has 2 aliphatic rings. The maximum atomic E-state index is 14.2. The first-order valence-corrected chi connectivity index (χ1v) is 12.8. The van der Waals surface area contributed by atoms with Gasteiger partial charge in [0.15, 0.2) is 0 Å². The Morgan fingerprint density at radius 1 is 1.18 bits per heavy atom. The number of hydrogen-bond donors (Lipinski definition) is 2. The molecule has 1 saturated heterocycles. The van der Waals surface area contributed by atoms with Crippen LogP contribution in [0.5, 0.6) is 5.75 Å². The van der Waals surface area contributed by atoms with E-state index < -0.39 is 12.1 Å². The maximum absolute atomic E-state index is 14.2. The van der Waals surface area contributed by atoms with Gasteiger partial charge in [-0.1, -0.05) is 23.7 Å². The number of carbonyl (C=O) groups excluding carboxylic acids is 2. The maximum Gasteiger partial charge on any atom is 0.326 e. The molecule has 1 fully saturated rings. The van der Waals surface area contributed by atoms with E-state index in [1.807, 2.05) is 44.4 Å². The smallest absolute Gasteiger partial charge is 0.326 e. The van der Waals surface area contributed by atoms with E-state index in [4.69, 9.17) is 21.3 Å². The molecule has 2 aliphatic heterocycles. The predicted molar refractivity (Wildman–Crippen MR) is 143 cm³/mol. The quantitative estimate of drug-likeness (QED) is 0.508. The molecule has 0 aliphatic carbocycles. The Morgan fingerprint density at radius 3 is 2.63 bits per heavy atom. The van der Waals surface area contributed by atoms with E-state index in [1.54, 1.807) is 35.2 Å². The molecule has 0 spiro atoms. The Bertz CT molecular complexity index is 1410. The normalized spacial score (nSPS) is 19.2. The van der Waals surface area contributed by atoms with Crippen LogP contribution in [-0.4, -0.2) is 58.3 Å². The van der Waals surface area contributed by atoms with Crippen molar-refractivity contribution >= 4 is 29.4 Å². The lowest BCUT2D eigenvalue weighted by molar-refractivity contribution is -0.123. The molecule has 10 heteroatoms. The number of aliphatic imine (C=N–C) groups is 1. The summed E-state index contributed by atoms with van der Waals surface area (Å²) in [6, 6.07) is 15.2. The molecule has 3 heterocycles. The summed E-state index contributed by atoms with van der Waals surface area (Å²) < 4.78 is 6.10. The molecule has 2 atom stereocenters. The number of piperazine rings is 1. The third-order valence-electron chi connectivity index (χ3n) is 6.47. The van der Waals surface area contributed by atoms with Crippen molar-refractivity contribution in [3.8, 4) is 11.8 Å². The zero-order chi connectivity index (χ0) is 26.8. The van der Waals surface area contributed by atoms with Crippen molar-refractivity contribution in [2.24, 2.45) is 4.99 Å². The van der Waals surface area contributed by atoms with E-state index >= 15 is 0 Å². The van der Waals surface area contributed by atoms with Crippen LogP contribution in [0.2, 0.25) is 5.02 Å². The van der Waals surface area contributed by atoms with Crippen LogP contribution in [0.25, 0.3) is 0 Å². The number of nitriles is 1. The van der Waals surface area contributed by atoms with Crippen molar-refractivity contribution in [2.45, 2.75) is 32.0 Å². The highest BCUT2D eigenvalue weighted by Crippen LogP contribution is 2.45. The monoisotopic (exact) mass is 530 g/mol. The number of benzene rings is 2. The molecule has 3 aromatic rings. The van der Waals surface area contributed by atoms with Crippen LogP contribution in [-0.2, 0) is 4.79 Å². The second-order valence-corrected chi connectivity index (χ2v) is 9.89. The molecular formula is C28H27ClN6O3. The predicted octanol–water partition coefficient (Wildman–Crippen LogP) is 4.42. The van der Waals surface area contributed by atoms with Crippen LogP contribution in [0.4, 0.5) is 4.79 Å². The third-order valence-corrected chi connectivity index (χ3v) is 6.72. The van der Waals surface area contributed by atoms with Gasteiger partial charge in [-0.15, -0.1) is 0 Å². The van der Waals surface area contributed by atoms with Crippen LogP contribution in [0.15, 0.2) is 65.9 Å². The molecular weight excluding hydrogens is 504 g/mol. The number of ether oxygens (including phenoxy) is 1. The molecule has 5 rings (SSSR count). The van der Waals surface area contributed by atoms with Gasteiger partial charge >= 0.3 is 6.03 Å². The van der Waals surface area contributed by atoms with Crippen molar-refractivity contribution in [1.82, 2.24) is 20.1 Å². The third kappa shape index (κ3) is 4.95. The molecule has 0 radical (unpaired) electrons. The first-order chi connectivity index (χ1) is 18.4. The van der Waals surface area contributed by atoms with Crippen molar-refractivity contribution in [1.29, 1.82) is 5.26 Å². The number of amides is 3. The first kappa shape index (κ1) is 25.4. The number of urea groups is 1. The van der Waals surface area contributed by atoms with Gasteiger partial charge in [-0.3, -0.25) is 14.7 Å². The number of carbonyl (C=O) groups is 2. The summed E-state index contributed by atoms with van der Waals surface area (Å²) in [6.07, 6.45) is 3.51. The van der Waals surface area contributed by atoms with E-state index in [2.05, 4.69) is 16.4 Å². The molecule has 2 aromatic carbocycles. The number of hydrogen-bond acceptors (Lipinski definition) is 5. The fraction of sp³-hybridized carbons (Fsp3) is 0.286. The lowest BCUT2D eigenvalue weighted by atomic mass is 9.95. The van der Waals surface area contributed by atoms with Gasteiger partial charge in [0, 0.05) is 30.5 Å². The van der Waals surface area contributed by atoms with E-state index in [9.17, 15) is 14.9 Å². The summed E-state index contributed by atoms with van der Waals surface area (Å²) in [4.78, 5) is 37.8. The minimum absolute atomic E-state index is 0.0481. The van der Waals surface area contributed by atoms with Crippen molar-refractivity contribution in [3.63, 3.8) is 0 Å². The summed E-state index contributed by atoms with van der Waals surface area (Å²) in [5.41, 5.74) is 2.76. The molecule has 2 N–H and O–H groups in total. The highest BCUT2D eigenvalue weighted by molar-refractivity contribution is 6.30. The van der Waals surface area contributed by atoms with Crippen molar-refractivity contribution in [3.05, 3.63) is 88.2 Å². The molecule has 9 nitrogen and oxygen atoms in total. The summed E-state index contributed by atoms with van der Waals surface area (Å²) in [7, 11) is 0. The number of rotatable bonds is 5. The van der Waals surface area contributed by atoms with Crippen LogP contribution >= 0.6 is 11.6 Å². The standard InChI is InChI=1S/C28H27ClN6O3/c1-17(2)38-23-13-18(14-30)3-8-22(23)27-33-25(20-9-10-31-15-20)26(19-4-6-21(29)7-5-19)35(27)28(37)34-12-11-32-24(36)16-34/h3-10,13,15,17,25-26,31H,11-12,16H2,1-2H3,(H,32,36)/t25-,26+/m0/s1. The summed E-state index contributed by atoms with van der Waals surface area (Å²) in [6.45, 7) is 4.49. The fourth-order valence-electron chi connectivity index (χ4n) is 4.80. The fourth-order valence-corrected chi connectivity index (χ4v) is 4.92. The Balaban J connectivity index is 1.69. The number of aromatic amines is 1. The lowest BCUT2D eigenvalue weighted by Gasteiger charge is -2.35. The van der Waals surface area contributed by atoms with Gasteiger partial charge in [0.2, 0.25) is 5.91 Å². The molecule has 194 valence electrons. The van der Waals surface area contributed by atoms with E-state index in [0.29, 0.717) is 40.8 Å². The van der Waals surface area contributed by atoms with Gasteiger partial charge < -0.3 is 19.9 Å². The number of aromatic nitrogens is 1. The van der Waals surface area contributed by atoms with Gasteiger partial charge in [-0.2, -0.15) is 5.26 Å². The number of nitrogens with zero attached hydrogens (tertiary/aromatic N) is 4. The van der Waals surface area contributed by atoms with Crippen LogP contribution in [0.3, 0.4) is 0 Å². The number of nitrogens with one attached hydrogen (secondary N) is 2. The van der Waals surface area contributed by atoms with Gasteiger partial charge in [0.25, 0.3) is 0 Å². The molecule has 38 heavy (non-hydrogen) atoms. The summed E-state index contributed by atoms with van der Waals surface area (Å²) in [5.74, 6) is 0.651. The van der Waals surface area contributed by atoms with Crippen LogP contribution in [0, 0.1) is 11.3 Å². The van der Waals surface area contributed by atoms with Crippen molar-refractivity contribution in [2.75, 3.05) is 19.6 Å². The molecule has 1 aromatic heterocycles. The van der Waals surface area contributed by atoms with Crippen LogP contribution in [0.1, 0.15) is 48.2 Å². The zero-order valence-corrected chi connectivity index (χ0v) is 21.8. The Kier molecular flexibility index (Phi) is 7.07. The van der Waals surface area contributed by atoms with Gasteiger partial charge in [-0.25, -0.2) is 4.79 Å². The van der Waals surface area contributed by atoms with E-state index in [1.165, 1.54) is 4.90 Å². The Labute approximate surface area is 225 Å². The van der Waals surface area contributed by atoms with Gasteiger partial charge in [0.1, 0.15) is 24.2 Å². The largest absolute Gasteiger partial charge is 0.490 e. The molecule has 0 unspecified atom stereocenters. The Morgan fingerprint density at radius 2 is 1.97 bits per heavy atom. The second-order valence-electron chi connectivity index (χ2n) is 9.45. The van der Waals surface area contributed by atoms with E-state index in [0.717, 1.165) is 11.1 Å². The topological polar surface area (TPSA) is 114 Å². The summed E-state index contributed by atoms with van der Waals surface area (Å²) >= 11 is 6.20. The van der Waals surface area contributed by atoms with E-state index in [-0.39, 0.29) is 24.6 Å². The summed E-state index contributed by atoms with van der Waals surface area (Å²) in [5, 5.41) is 12.9.